The van der Waals surface area contributed by atoms with Crippen molar-refractivity contribution in [3.8, 4) is 0 Å². The minimum atomic E-state index is -3.65. The van der Waals surface area contributed by atoms with Gasteiger partial charge in [-0.05, 0) is 62.0 Å². The second-order valence-corrected chi connectivity index (χ2v) is 9.88. The van der Waals surface area contributed by atoms with Gasteiger partial charge in [0.1, 0.15) is 0 Å². The Kier molecular flexibility index (Phi) is 3.76. The fourth-order valence-corrected chi connectivity index (χ4v) is 5.72. The van der Waals surface area contributed by atoms with Gasteiger partial charge in [0.25, 0.3) is 15.9 Å². The number of fused-ring (bicyclic) bond motifs is 1. The summed E-state index contributed by atoms with van der Waals surface area (Å²) < 4.78 is 30.8. The van der Waals surface area contributed by atoms with Gasteiger partial charge in [0.15, 0.2) is 5.76 Å². The number of hydrogen-bond acceptors (Lipinski definition) is 4. The molecule has 2 aliphatic carbocycles. The largest absolute Gasteiger partial charge is 0.438 e. The molecule has 6 nitrogen and oxygen atoms in total. The molecule has 5 rings (SSSR count). The van der Waals surface area contributed by atoms with Crippen molar-refractivity contribution in [3.63, 3.8) is 0 Å². The molecule has 132 valence electrons. The molecule has 24 heavy (non-hydrogen) atoms. The molecule has 7 heteroatoms. The predicted molar refractivity (Wildman–Crippen MR) is 88.0 cm³/mol. The molecule has 1 aromatic rings. The number of sulfonamides is 1. The quantitative estimate of drug-likeness (QED) is 0.836. The number of carbonyl (C=O) groups excluding carboxylic acids is 1. The Hall–Kier alpha value is -1.34. The second-order valence-electron chi connectivity index (χ2n) is 7.79. The molecule has 4 aliphatic rings. The SMILES string of the molecule is CN(C)S(=O)(=O)c1ccc(C(=O)N2CC3CC4CC(C3)CC2C4)o1. The monoisotopic (exact) mass is 352 g/mol. The Morgan fingerprint density at radius 2 is 1.71 bits per heavy atom. The Labute approximate surface area is 142 Å². The molecule has 0 radical (unpaired) electrons. The van der Waals surface area contributed by atoms with E-state index in [9.17, 15) is 13.2 Å². The van der Waals surface area contributed by atoms with E-state index in [2.05, 4.69) is 0 Å². The van der Waals surface area contributed by atoms with Crippen LogP contribution in [-0.4, -0.2) is 50.2 Å². The number of furan rings is 1. The van der Waals surface area contributed by atoms with Gasteiger partial charge in [-0.2, -0.15) is 0 Å². The number of amides is 1. The first kappa shape index (κ1) is 16.1. The molecule has 3 heterocycles. The molecule has 2 aliphatic heterocycles. The zero-order valence-electron chi connectivity index (χ0n) is 14.1. The van der Waals surface area contributed by atoms with E-state index in [1.54, 1.807) is 0 Å². The third kappa shape index (κ3) is 2.58. The highest BCUT2D eigenvalue weighted by Crippen LogP contribution is 2.47. The molecule has 2 saturated heterocycles. The van der Waals surface area contributed by atoms with Gasteiger partial charge in [0.2, 0.25) is 5.09 Å². The Morgan fingerprint density at radius 3 is 2.33 bits per heavy atom. The summed E-state index contributed by atoms with van der Waals surface area (Å²) in [6.07, 6.45) is 5.95. The lowest BCUT2D eigenvalue weighted by Gasteiger charge is -2.38. The van der Waals surface area contributed by atoms with E-state index < -0.39 is 10.0 Å². The Balaban J connectivity index is 1.59. The summed E-state index contributed by atoms with van der Waals surface area (Å²) in [5.74, 6) is 2.08. The molecule has 0 spiro atoms. The molecule has 0 aromatic carbocycles. The number of nitrogens with zero attached hydrogens (tertiary/aromatic N) is 2. The minimum Gasteiger partial charge on any atom is -0.438 e. The summed E-state index contributed by atoms with van der Waals surface area (Å²) in [5.41, 5.74) is 0. The molecule has 1 amide bonds. The molecule has 1 aromatic heterocycles. The molecular weight excluding hydrogens is 328 g/mol. The molecular formula is C17H24N2O4S. The van der Waals surface area contributed by atoms with Crippen molar-refractivity contribution in [3.05, 3.63) is 17.9 Å². The van der Waals surface area contributed by atoms with Crippen LogP contribution in [0.5, 0.6) is 0 Å². The van der Waals surface area contributed by atoms with Crippen LogP contribution in [0.15, 0.2) is 21.6 Å². The summed E-state index contributed by atoms with van der Waals surface area (Å²) >= 11 is 0. The molecule has 2 atom stereocenters. The van der Waals surface area contributed by atoms with Gasteiger partial charge in [-0.3, -0.25) is 4.79 Å². The van der Waals surface area contributed by atoms with Crippen molar-refractivity contribution in [2.75, 3.05) is 20.6 Å². The standard InChI is InChI=1S/C17H24N2O4S/c1-18(2)24(21,22)16-4-3-15(23-16)17(20)19-10-13-6-11-5-12(7-13)9-14(19)8-11/h3-4,11-14H,5-10H2,1-2H3. The number of rotatable bonds is 3. The van der Waals surface area contributed by atoms with Gasteiger partial charge < -0.3 is 9.32 Å². The molecule has 0 N–H and O–H groups in total. The van der Waals surface area contributed by atoms with Gasteiger partial charge in [-0.25, -0.2) is 12.7 Å². The van der Waals surface area contributed by atoms with E-state index in [-0.39, 0.29) is 22.8 Å². The van der Waals surface area contributed by atoms with Crippen molar-refractivity contribution in [2.24, 2.45) is 17.8 Å². The molecule has 2 unspecified atom stereocenters. The van der Waals surface area contributed by atoms with Gasteiger partial charge in [-0.15, -0.1) is 0 Å². The third-order valence-electron chi connectivity index (χ3n) is 5.89. The van der Waals surface area contributed by atoms with Crippen LogP contribution in [-0.2, 0) is 10.0 Å². The summed E-state index contributed by atoms with van der Waals surface area (Å²) in [4.78, 5) is 14.9. The maximum Gasteiger partial charge on any atom is 0.289 e. The van der Waals surface area contributed by atoms with Crippen LogP contribution in [0.1, 0.15) is 42.7 Å². The van der Waals surface area contributed by atoms with Gasteiger partial charge in [-0.1, -0.05) is 0 Å². The van der Waals surface area contributed by atoms with E-state index in [0.29, 0.717) is 5.92 Å². The van der Waals surface area contributed by atoms with Crippen LogP contribution < -0.4 is 0 Å². The van der Waals surface area contributed by atoms with E-state index in [0.717, 1.165) is 35.5 Å². The molecule has 4 bridgehead atoms. The lowest BCUT2D eigenvalue weighted by Crippen LogP contribution is -2.42. The highest BCUT2D eigenvalue weighted by Gasteiger charge is 2.44. The molecule has 2 saturated carbocycles. The van der Waals surface area contributed by atoms with Crippen LogP contribution in [0.4, 0.5) is 0 Å². The van der Waals surface area contributed by atoms with E-state index in [4.69, 9.17) is 4.42 Å². The van der Waals surface area contributed by atoms with Crippen LogP contribution in [0.25, 0.3) is 0 Å². The summed E-state index contributed by atoms with van der Waals surface area (Å²) in [6, 6.07) is 3.16. The minimum absolute atomic E-state index is 0.136. The van der Waals surface area contributed by atoms with Crippen LogP contribution in [0.2, 0.25) is 0 Å². The van der Waals surface area contributed by atoms with Crippen LogP contribution in [0.3, 0.4) is 0 Å². The fraction of sp³-hybridized carbons (Fsp3) is 0.706. The normalized spacial score (nSPS) is 32.4. The van der Waals surface area contributed by atoms with Crippen LogP contribution in [0, 0.1) is 17.8 Å². The zero-order valence-corrected chi connectivity index (χ0v) is 15.0. The van der Waals surface area contributed by atoms with E-state index in [1.165, 1.54) is 45.5 Å². The maximum absolute atomic E-state index is 13.0. The number of carbonyl (C=O) groups is 1. The highest BCUT2D eigenvalue weighted by molar-refractivity contribution is 7.88. The lowest BCUT2D eigenvalue weighted by atomic mass is 9.68. The van der Waals surface area contributed by atoms with Gasteiger partial charge >= 0.3 is 0 Å². The summed E-state index contributed by atoms with van der Waals surface area (Å²) in [5, 5.41) is -0.170. The van der Waals surface area contributed by atoms with Crippen LogP contribution >= 0.6 is 0 Å². The maximum atomic E-state index is 13.0. The van der Waals surface area contributed by atoms with Crippen molar-refractivity contribution in [1.29, 1.82) is 0 Å². The Bertz CT molecular complexity index is 740. The first-order valence-corrected chi connectivity index (χ1v) is 10.1. The lowest BCUT2D eigenvalue weighted by molar-refractivity contribution is 0.0595. The smallest absolute Gasteiger partial charge is 0.289 e. The highest BCUT2D eigenvalue weighted by atomic mass is 32.2. The zero-order chi connectivity index (χ0) is 17.1. The summed E-state index contributed by atoms with van der Waals surface area (Å²) in [7, 11) is -0.755. The van der Waals surface area contributed by atoms with Crippen molar-refractivity contribution in [1.82, 2.24) is 9.21 Å². The van der Waals surface area contributed by atoms with Gasteiger partial charge in [0.05, 0.1) is 0 Å². The van der Waals surface area contributed by atoms with E-state index >= 15 is 0 Å². The first-order chi connectivity index (χ1) is 11.3. The van der Waals surface area contributed by atoms with Crippen molar-refractivity contribution < 1.29 is 17.6 Å². The van der Waals surface area contributed by atoms with Crippen molar-refractivity contribution >= 4 is 15.9 Å². The first-order valence-electron chi connectivity index (χ1n) is 8.68. The summed E-state index contributed by atoms with van der Waals surface area (Å²) in [6.45, 7) is 0.785. The topological polar surface area (TPSA) is 70.8 Å². The average Bonchev–Trinajstić information content (AvgIpc) is 2.93. The predicted octanol–water partition coefficient (Wildman–Crippen LogP) is 2.18. The second kappa shape index (κ2) is 5.59. The fourth-order valence-electron chi connectivity index (χ4n) is 4.93. The molecule has 4 fully saturated rings. The third-order valence-corrected chi connectivity index (χ3v) is 7.58. The number of hydrogen-bond donors (Lipinski definition) is 0. The van der Waals surface area contributed by atoms with Crippen molar-refractivity contribution in [2.45, 2.75) is 43.2 Å². The van der Waals surface area contributed by atoms with Gasteiger partial charge in [0, 0.05) is 26.7 Å². The Morgan fingerprint density at radius 1 is 1.08 bits per heavy atom. The average molecular weight is 352 g/mol. The van der Waals surface area contributed by atoms with E-state index in [1.807, 2.05) is 4.90 Å².